The number of nitrogens with zero attached hydrogens (tertiary/aromatic N) is 2. The zero-order valence-electron chi connectivity index (χ0n) is 9.58. The second-order valence-electron chi connectivity index (χ2n) is 4.43. The van der Waals surface area contributed by atoms with Crippen LogP contribution in [0, 0.1) is 0 Å². The minimum atomic E-state index is -1.05. The van der Waals surface area contributed by atoms with Crippen LogP contribution in [0.15, 0.2) is 30.3 Å². The summed E-state index contributed by atoms with van der Waals surface area (Å²) in [6.07, 6.45) is 2.08. The van der Waals surface area contributed by atoms with Gasteiger partial charge in [0.05, 0.1) is 0 Å². The number of hydrogen-bond acceptors (Lipinski definition) is 3. The molecular weight excluding hydrogens is 232 g/mol. The highest BCUT2D eigenvalue weighted by atomic mass is 16.4. The molecule has 2 N–H and O–H groups in total. The number of phenolic OH excluding ortho intramolecular Hbond substituents is 1. The third kappa shape index (κ3) is 1.73. The fraction of sp³-hybridized carbons (Fsp3) is 0.231. The predicted octanol–water partition coefficient (Wildman–Crippen LogP) is 2.15. The van der Waals surface area contributed by atoms with E-state index in [1.807, 2.05) is 0 Å². The van der Waals surface area contributed by atoms with Crippen LogP contribution in [0.4, 0.5) is 0 Å². The molecule has 0 radical (unpaired) electrons. The van der Waals surface area contributed by atoms with E-state index < -0.39 is 5.97 Å². The summed E-state index contributed by atoms with van der Waals surface area (Å²) in [6, 6.07) is 8.38. The highest BCUT2D eigenvalue weighted by Gasteiger charge is 2.30. The Morgan fingerprint density at radius 2 is 2.06 bits per heavy atom. The van der Waals surface area contributed by atoms with Crippen molar-refractivity contribution in [1.82, 2.24) is 9.78 Å². The molecule has 18 heavy (non-hydrogen) atoms. The molecule has 1 aromatic carbocycles. The van der Waals surface area contributed by atoms with Crippen LogP contribution in [-0.2, 0) is 0 Å². The average Bonchev–Trinajstić information content (AvgIpc) is 3.09. The Bertz CT molecular complexity index is 614. The van der Waals surface area contributed by atoms with E-state index in [-0.39, 0.29) is 11.4 Å². The van der Waals surface area contributed by atoms with Gasteiger partial charge in [0, 0.05) is 11.6 Å². The maximum atomic E-state index is 11.0. The summed E-state index contributed by atoms with van der Waals surface area (Å²) in [6.45, 7) is 0. The van der Waals surface area contributed by atoms with Gasteiger partial charge in [0.25, 0.3) is 0 Å². The van der Waals surface area contributed by atoms with Crippen LogP contribution < -0.4 is 0 Å². The molecule has 0 saturated heterocycles. The van der Waals surface area contributed by atoms with E-state index in [4.69, 9.17) is 5.11 Å². The van der Waals surface area contributed by atoms with Crippen molar-refractivity contribution in [3.8, 4) is 11.4 Å². The van der Waals surface area contributed by atoms with Crippen LogP contribution in [0.3, 0.4) is 0 Å². The van der Waals surface area contributed by atoms with Crippen LogP contribution in [0.25, 0.3) is 5.69 Å². The van der Waals surface area contributed by atoms with Gasteiger partial charge in [0.15, 0.2) is 5.69 Å². The topological polar surface area (TPSA) is 75.3 Å². The number of carbonyl (C=O) groups is 1. The quantitative estimate of drug-likeness (QED) is 0.867. The third-order valence-corrected chi connectivity index (χ3v) is 3.06. The summed E-state index contributed by atoms with van der Waals surface area (Å²) in [5, 5.41) is 22.9. The van der Waals surface area contributed by atoms with Gasteiger partial charge in [-0.05, 0) is 31.0 Å². The molecule has 0 aliphatic heterocycles. The highest BCUT2D eigenvalue weighted by Crippen LogP contribution is 2.41. The van der Waals surface area contributed by atoms with Gasteiger partial charge in [-0.2, -0.15) is 5.10 Å². The van der Waals surface area contributed by atoms with E-state index in [2.05, 4.69) is 5.10 Å². The predicted molar refractivity (Wildman–Crippen MR) is 64.2 cm³/mol. The van der Waals surface area contributed by atoms with Gasteiger partial charge in [-0.3, -0.25) is 0 Å². The SMILES string of the molecule is O=C(O)c1cc(C2CC2)n(-c2ccccc2O)n1. The van der Waals surface area contributed by atoms with Crippen molar-refractivity contribution in [1.29, 1.82) is 0 Å². The second-order valence-corrected chi connectivity index (χ2v) is 4.43. The lowest BCUT2D eigenvalue weighted by molar-refractivity contribution is 0.0690. The Morgan fingerprint density at radius 3 is 2.67 bits per heavy atom. The van der Waals surface area contributed by atoms with E-state index in [0.29, 0.717) is 11.6 Å². The zero-order chi connectivity index (χ0) is 12.7. The lowest BCUT2D eigenvalue weighted by Gasteiger charge is -2.07. The molecule has 3 rings (SSSR count). The maximum absolute atomic E-state index is 11.0. The summed E-state index contributed by atoms with van der Waals surface area (Å²) < 4.78 is 1.54. The minimum absolute atomic E-state index is 0.0140. The number of phenols is 1. The first kappa shape index (κ1) is 10.8. The summed E-state index contributed by atoms with van der Waals surface area (Å²) in [5.74, 6) is -0.601. The Kier molecular flexibility index (Phi) is 2.33. The molecule has 5 nitrogen and oxygen atoms in total. The van der Waals surface area contributed by atoms with E-state index in [0.717, 1.165) is 18.5 Å². The first-order valence-corrected chi connectivity index (χ1v) is 5.78. The van der Waals surface area contributed by atoms with Crippen LogP contribution >= 0.6 is 0 Å². The van der Waals surface area contributed by atoms with Crippen molar-refractivity contribution < 1.29 is 15.0 Å². The van der Waals surface area contributed by atoms with Crippen molar-refractivity contribution >= 4 is 5.97 Å². The molecule has 1 saturated carbocycles. The monoisotopic (exact) mass is 244 g/mol. The van der Waals surface area contributed by atoms with Gasteiger partial charge in [-0.15, -0.1) is 0 Å². The minimum Gasteiger partial charge on any atom is -0.506 e. The molecule has 1 aliphatic carbocycles. The van der Waals surface area contributed by atoms with Crippen LogP contribution in [0.5, 0.6) is 5.75 Å². The number of rotatable bonds is 3. The second kappa shape index (κ2) is 3.87. The maximum Gasteiger partial charge on any atom is 0.356 e. The molecular formula is C13H12N2O3. The lowest BCUT2D eigenvalue weighted by atomic mass is 10.2. The largest absolute Gasteiger partial charge is 0.506 e. The van der Waals surface area contributed by atoms with Crippen molar-refractivity contribution in [2.45, 2.75) is 18.8 Å². The molecule has 0 bridgehead atoms. The number of benzene rings is 1. The molecule has 1 aliphatic rings. The average molecular weight is 244 g/mol. The van der Waals surface area contributed by atoms with Gasteiger partial charge in [-0.25, -0.2) is 9.48 Å². The fourth-order valence-electron chi connectivity index (χ4n) is 2.01. The summed E-state index contributed by atoms with van der Waals surface area (Å²) in [5.41, 5.74) is 1.39. The number of carboxylic acids is 1. The molecule has 1 aromatic heterocycles. The Morgan fingerprint density at radius 1 is 1.33 bits per heavy atom. The van der Waals surface area contributed by atoms with E-state index in [1.165, 1.54) is 4.68 Å². The molecule has 1 heterocycles. The molecule has 5 heteroatoms. The van der Waals surface area contributed by atoms with Crippen LogP contribution in [0.2, 0.25) is 0 Å². The van der Waals surface area contributed by atoms with Gasteiger partial charge in [0.1, 0.15) is 11.4 Å². The highest BCUT2D eigenvalue weighted by molar-refractivity contribution is 5.85. The fourth-order valence-corrected chi connectivity index (χ4v) is 2.01. The standard InChI is InChI=1S/C13H12N2O3/c16-12-4-2-1-3-10(12)15-11(8-5-6-8)7-9(14-15)13(17)18/h1-4,7-8,16H,5-6H2,(H,17,18). The van der Waals surface area contributed by atoms with E-state index >= 15 is 0 Å². The number of aromatic hydroxyl groups is 1. The first-order chi connectivity index (χ1) is 8.66. The van der Waals surface area contributed by atoms with Gasteiger partial charge in [0.2, 0.25) is 0 Å². The smallest absolute Gasteiger partial charge is 0.356 e. The third-order valence-electron chi connectivity index (χ3n) is 3.06. The van der Waals surface area contributed by atoms with Crippen molar-refractivity contribution in [3.63, 3.8) is 0 Å². The number of para-hydroxylation sites is 2. The van der Waals surface area contributed by atoms with Crippen LogP contribution in [0.1, 0.15) is 34.9 Å². The molecule has 0 spiro atoms. The molecule has 0 unspecified atom stereocenters. The van der Waals surface area contributed by atoms with Crippen molar-refractivity contribution in [2.75, 3.05) is 0 Å². The zero-order valence-corrected chi connectivity index (χ0v) is 9.58. The Labute approximate surface area is 103 Å². The van der Waals surface area contributed by atoms with E-state index in [1.54, 1.807) is 30.3 Å². The molecule has 0 atom stereocenters. The summed E-state index contributed by atoms with van der Waals surface area (Å²) in [4.78, 5) is 11.0. The summed E-state index contributed by atoms with van der Waals surface area (Å²) >= 11 is 0. The summed E-state index contributed by atoms with van der Waals surface area (Å²) in [7, 11) is 0. The van der Waals surface area contributed by atoms with Crippen LogP contribution in [-0.4, -0.2) is 26.0 Å². The Balaban J connectivity index is 2.15. The molecule has 2 aromatic rings. The number of aromatic nitrogens is 2. The van der Waals surface area contributed by atoms with Crippen molar-refractivity contribution in [2.24, 2.45) is 0 Å². The van der Waals surface area contributed by atoms with E-state index in [9.17, 15) is 9.90 Å². The lowest BCUT2D eigenvalue weighted by Crippen LogP contribution is -2.03. The number of hydrogen-bond donors (Lipinski definition) is 2. The number of carboxylic acid groups (broad SMARTS) is 1. The van der Waals surface area contributed by atoms with Gasteiger partial charge in [-0.1, -0.05) is 12.1 Å². The van der Waals surface area contributed by atoms with Gasteiger partial charge < -0.3 is 10.2 Å². The Hall–Kier alpha value is -2.30. The molecule has 0 amide bonds. The normalized spacial score (nSPS) is 14.7. The van der Waals surface area contributed by atoms with Crippen molar-refractivity contribution in [3.05, 3.63) is 41.7 Å². The molecule has 1 fully saturated rings. The molecule has 92 valence electrons. The first-order valence-electron chi connectivity index (χ1n) is 5.78. The number of aromatic carboxylic acids is 1. The van der Waals surface area contributed by atoms with Gasteiger partial charge >= 0.3 is 5.97 Å².